The smallest absolute Gasteiger partial charge is 0.416 e. The second-order valence-corrected chi connectivity index (χ2v) is 10.0. The van der Waals surface area contributed by atoms with Crippen LogP contribution in [0.2, 0.25) is 0 Å². The zero-order chi connectivity index (χ0) is 27.3. The highest BCUT2D eigenvalue weighted by Crippen LogP contribution is 2.45. The summed E-state index contributed by atoms with van der Waals surface area (Å²) in [4.78, 5) is 2.44. The first kappa shape index (κ1) is 25.6. The number of hydrogen-bond acceptors (Lipinski definition) is 5. The molecule has 0 saturated carbocycles. The Morgan fingerprint density at radius 1 is 0.974 bits per heavy atom. The second kappa shape index (κ2) is 9.81. The molecular weight excluding hydrogens is 509 g/mol. The molecule has 0 saturated heterocycles. The van der Waals surface area contributed by atoms with E-state index in [9.17, 15) is 18.3 Å². The van der Waals surface area contributed by atoms with Crippen LogP contribution < -0.4 is 14.2 Å². The number of rotatable bonds is 6. The Kier molecular flexibility index (Phi) is 6.43. The number of fused-ring (bicyclic) bond motifs is 6. The van der Waals surface area contributed by atoms with Gasteiger partial charge in [0.05, 0.1) is 25.3 Å². The number of alkyl halides is 3. The number of hydrogen-bond donors (Lipinski definition) is 1. The van der Waals surface area contributed by atoms with Crippen molar-refractivity contribution in [1.29, 1.82) is 0 Å². The number of methoxy groups -OCH3 is 2. The molecule has 1 atom stereocenters. The average molecular weight is 539 g/mol. The summed E-state index contributed by atoms with van der Waals surface area (Å²) in [6.07, 6.45) is -2.75. The highest BCUT2D eigenvalue weighted by molar-refractivity contribution is 5.87. The molecule has 0 fully saturated rings. The molecule has 4 aromatic rings. The van der Waals surface area contributed by atoms with E-state index in [0.29, 0.717) is 17.1 Å². The van der Waals surface area contributed by atoms with Crippen LogP contribution in [-0.2, 0) is 38.9 Å². The lowest BCUT2D eigenvalue weighted by Crippen LogP contribution is -2.39. The molecule has 39 heavy (non-hydrogen) atoms. The van der Waals surface area contributed by atoms with Crippen molar-refractivity contribution in [3.8, 4) is 17.2 Å². The maximum absolute atomic E-state index is 12.9. The van der Waals surface area contributed by atoms with E-state index in [1.807, 2.05) is 34.9 Å². The highest BCUT2D eigenvalue weighted by atomic mass is 19.4. The van der Waals surface area contributed by atoms with Crippen molar-refractivity contribution in [2.45, 2.75) is 44.9 Å². The first-order valence-electron chi connectivity index (χ1n) is 12.8. The van der Waals surface area contributed by atoms with Crippen LogP contribution in [0, 0.1) is 0 Å². The minimum Gasteiger partial charge on any atom is -0.497 e. The Morgan fingerprint density at radius 2 is 1.77 bits per heavy atom. The number of aliphatic hydroxyl groups excluding tert-OH is 1. The molecule has 9 heteroatoms. The molecule has 6 nitrogen and oxygen atoms in total. The van der Waals surface area contributed by atoms with E-state index in [2.05, 4.69) is 4.90 Å². The predicted octanol–water partition coefficient (Wildman–Crippen LogP) is 5.86. The summed E-state index contributed by atoms with van der Waals surface area (Å²) in [6.45, 7) is 1.64. The van der Waals surface area contributed by atoms with Crippen LogP contribution in [0.1, 0.15) is 39.6 Å². The highest BCUT2D eigenvalue weighted by Gasteiger charge is 2.36. The molecular formula is C30H29F3N2O4. The summed E-state index contributed by atoms with van der Waals surface area (Å²) in [5.74, 6) is 1.94. The van der Waals surface area contributed by atoms with Crippen LogP contribution in [0.15, 0.2) is 54.6 Å². The van der Waals surface area contributed by atoms with Crippen LogP contribution in [-0.4, -0.2) is 35.3 Å². The van der Waals surface area contributed by atoms with E-state index in [4.69, 9.17) is 14.2 Å². The molecule has 1 unspecified atom stereocenters. The lowest BCUT2D eigenvalue weighted by atomic mass is 9.85. The standard InChI is InChI=1S/C30H29F3N2O4/c1-37-21-7-8-25-23(12-21)24-13-26-22-14-28(38-2)29(39-16-18-3-5-20(6-4-18)30(31,32)33)11-19(22)9-10-34(26)15-27(24)35(25)17-36/h3-8,11-12,14,26,36H,9-10,13,15-17H2,1-2H3. The lowest BCUT2D eigenvalue weighted by molar-refractivity contribution is -0.137. The molecule has 1 N–H and O–H groups in total. The van der Waals surface area contributed by atoms with Gasteiger partial charge in [-0.15, -0.1) is 0 Å². The van der Waals surface area contributed by atoms with Crippen LogP contribution >= 0.6 is 0 Å². The minimum absolute atomic E-state index is 0.0826. The van der Waals surface area contributed by atoms with Gasteiger partial charge in [0.1, 0.15) is 19.1 Å². The topological polar surface area (TPSA) is 56.1 Å². The number of aliphatic hydroxyl groups is 1. The van der Waals surface area contributed by atoms with Gasteiger partial charge in [-0.1, -0.05) is 12.1 Å². The van der Waals surface area contributed by atoms with Crippen LogP contribution in [0.4, 0.5) is 13.2 Å². The van der Waals surface area contributed by atoms with Crippen LogP contribution in [0.25, 0.3) is 10.9 Å². The van der Waals surface area contributed by atoms with Crippen molar-refractivity contribution in [2.24, 2.45) is 0 Å². The molecule has 2 aliphatic rings. The Labute approximate surface area is 224 Å². The summed E-state index contributed by atoms with van der Waals surface area (Å²) < 4.78 is 57.9. The molecule has 0 amide bonds. The van der Waals surface area contributed by atoms with Crippen molar-refractivity contribution in [3.63, 3.8) is 0 Å². The Balaban J connectivity index is 1.30. The molecule has 0 radical (unpaired) electrons. The van der Waals surface area contributed by atoms with Gasteiger partial charge in [-0.25, -0.2) is 0 Å². The summed E-state index contributed by atoms with van der Waals surface area (Å²) in [6, 6.07) is 15.1. The third kappa shape index (κ3) is 4.49. The quantitative estimate of drug-likeness (QED) is 0.333. The van der Waals surface area contributed by atoms with Crippen LogP contribution in [0.3, 0.4) is 0 Å². The van der Waals surface area contributed by atoms with Gasteiger partial charge in [-0.2, -0.15) is 13.2 Å². The minimum atomic E-state index is -4.37. The molecule has 1 aromatic heterocycles. The van der Waals surface area contributed by atoms with Gasteiger partial charge in [0.2, 0.25) is 0 Å². The molecule has 204 valence electrons. The molecule has 3 heterocycles. The molecule has 0 spiro atoms. The SMILES string of the molecule is COc1ccc2c(c1)c1c(n2CO)CN2CCc3cc(OCc4ccc(C(F)(F)F)cc4)c(OC)cc3C2C1. The lowest BCUT2D eigenvalue weighted by Gasteiger charge is -2.41. The zero-order valence-electron chi connectivity index (χ0n) is 21.7. The maximum Gasteiger partial charge on any atom is 0.416 e. The van der Waals surface area contributed by atoms with Crippen molar-refractivity contribution in [1.82, 2.24) is 9.47 Å². The number of ether oxygens (including phenoxy) is 3. The van der Waals surface area contributed by atoms with Gasteiger partial charge in [0.25, 0.3) is 0 Å². The van der Waals surface area contributed by atoms with Gasteiger partial charge in [0.15, 0.2) is 11.5 Å². The van der Waals surface area contributed by atoms with Gasteiger partial charge in [-0.3, -0.25) is 4.90 Å². The first-order valence-corrected chi connectivity index (χ1v) is 12.8. The van der Waals surface area contributed by atoms with E-state index in [0.717, 1.165) is 60.4 Å². The summed E-state index contributed by atoms with van der Waals surface area (Å²) >= 11 is 0. The largest absolute Gasteiger partial charge is 0.497 e. The number of nitrogens with zero attached hydrogens (tertiary/aromatic N) is 2. The monoisotopic (exact) mass is 538 g/mol. The fourth-order valence-electron chi connectivity index (χ4n) is 5.95. The normalized spacial score (nSPS) is 16.9. The maximum atomic E-state index is 12.9. The molecule has 3 aromatic carbocycles. The van der Waals surface area contributed by atoms with Crippen molar-refractivity contribution in [2.75, 3.05) is 20.8 Å². The summed E-state index contributed by atoms with van der Waals surface area (Å²) in [5, 5.41) is 11.3. The Morgan fingerprint density at radius 3 is 2.46 bits per heavy atom. The Bertz CT molecular complexity index is 1530. The molecule has 0 bridgehead atoms. The van der Waals surface area contributed by atoms with Crippen molar-refractivity contribution < 1.29 is 32.5 Å². The number of benzene rings is 3. The predicted molar refractivity (Wildman–Crippen MR) is 140 cm³/mol. The van der Waals surface area contributed by atoms with E-state index >= 15 is 0 Å². The second-order valence-electron chi connectivity index (χ2n) is 10.0. The van der Waals surface area contributed by atoms with Gasteiger partial charge in [-0.05, 0) is 77.6 Å². The Hall–Kier alpha value is -3.69. The summed E-state index contributed by atoms with van der Waals surface area (Å²) in [5.41, 5.74) is 5.65. The zero-order valence-corrected chi connectivity index (χ0v) is 21.7. The van der Waals surface area contributed by atoms with E-state index in [1.54, 1.807) is 14.2 Å². The van der Waals surface area contributed by atoms with E-state index in [1.165, 1.54) is 28.8 Å². The third-order valence-electron chi connectivity index (χ3n) is 7.95. The third-order valence-corrected chi connectivity index (χ3v) is 7.95. The van der Waals surface area contributed by atoms with E-state index < -0.39 is 11.7 Å². The van der Waals surface area contributed by atoms with Gasteiger partial charge >= 0.3 is 6.18 Å². The first-order chi connectivity index (χ1) is 18.8. The van der Waals surface area contributed by atoms with Gasteiger partial charge < -0.3 is 23.9 Å². The van der Waals surface area contributed by atoms with Gasteiger partial charge in [0, 0.05) is 30.2 Å². The molecule has 0 aliphatic carbocycles. The number of halogens is 3. The number of aromatic nitrogens is 1. The van der Waals surface area contributed by atoms with Crippen molar-refractivity contribution >= 4 is 10.9 Å². The molecule has 6 rings (SSSR count). The van der Waals surface area contributed by atoms with E-state index in [-0.39, 0.29) is 19.4 Å². The van der Waals surface area contributed by atoms with Crippen LogP contribution in [0.5, 0.6) is 17.2 Å². The fourth-order valence-corrected chi connectivity index (χ4v) is 5.95. The van der Waals surface area contributed by atoms with Crippen molar-refractivity contribution in [3.05, 3.63) is 88.1 Å². The molecule has 2 aliphatic heterocycles. The average Bonchev–Trinajstić information content (AvgIpc) is 3.25. The summed E-state index contributed by atoms with van der Waals surface area (Å²) in [7, 11) is 3.24. The fraction of sp³-hybridized carbons (Fsp3) is 0.333.